The standard InChI is InChI=1S/C12H15ClN4S/c1-7(2)12-16-10(13)4-11(17-12)14-5-9-6-18-8(3)15-9/h4,6-7H,5H2,1-3H3,(H,14,16,17). The Morgan fingerprint density at radius 2 is 2.11 bits per heavy atom. The zero-order valence-electron chi connectivity index (χ0n) is 10.6. The van der Waals surface area contributed by atoms with Crippen molar-refractivity contribution in [2.75, 3.05) is 5.32 Å². The van der Waals surface area contributed by atoms with Gasteiger partial charge < -0.3 is 5.32 Å². The minimum absolute atomic E-state index is 0.255. The molecule has 0 aliphatic carbocycles. The Kier molecular flexibility index (Phi) is 4.14. The van der Waals surface area contributed by atoms with Gasteiger partial charge in [0, 0.05) is 17.4 Å². The summed E-state index contributed by atoms with van der Waals surface area (Å²) in [5.74, 6) is 1.74. The number of halogens is 1. The van der Waals surface area contributed by atoms with Crippen LogP contribution in [0.5, 0.6) is 0 Å². The van der Waals surface area contributed by atoms with Crippen LogP contribution < -0.4 is 5.32 Å². The number of aryl methyl sites for hydroxylation is 1. The lowest BCUT2D eigenvalue weighted by Gasteiger charge is -2.08. The van der Waals surface area contributed by atoms with E-state index >= 15 is 0 Å². The third kappa shape index (κ3) is 3.40. The highest BCUT2D eigenvalue weighted by Crippen LogP contribution is 2.17. The molecule has 18 heavy (non-hydrogen) atoms. The van der Waals surface area contributed by atoms with Gasteiger partial charge in [-0.1, -0.05) is 25.4 Å². The Morgan fingerprint density at radius 3 is 2.72 bits per heavy atom. The summed E-state index contributed by atoms with van der Waals surface area (Å²) < 4.78 is 0. The first-order valence-corrected chi connectivity index (χ1v) is 6.99. The average Bonchev–Trinajstić information content (AvgIpc) is 2.72. The Bertz CT molecular complexity index is 539. The topological polar surface area (TPSA) is 50.7 Å². The van der Waals surface area contributed by atoms with Gasteiger partial charge in [-0.3, -0.25) is 0 Å². The van der Waals surface area contributed by atoms with Crippen LogP contribution in [0.3, 0.4) is 0 Å². The second kappa shape index (κ2) is 5.63. The van der Waals surface area contributed by atoms with Crippen molar-refractivity contribution in [3.8, 4) is 0 Å². The summed E-state index contributed by atoms with van der Waals surface area (Å²) in [6.45, 7) is 6.72. The highest BCUT2D eigenvalue weighted by atomic mass is 35.5. The number of nitrogens with zero attached hydrogens (tertiary/aromatic N) is 3. The molecule has 0 unspecified atom stereocenters. The van der Waals surface area contributed by atoms with Gasteiger partial charge in [-0.2, -0.15) is 0 Å². The minimum Gasteiger partial charge on any atom is -0.364 e. The summed E-state index contributed by atoms with van der Waals surface area (Å²) in [5.41, 5.74) is 1.01. The van der Waals surface area contributed by atoms with Crippen LogP contribution in [0.1, 0.15) is 36.3 Å². The number of aromatic nitrogens is 3. The molecule has 0 aliphatic heterocycles. The summed E-state index contributed by atoms with van der Waals surface area (Å²) in [7, 11) is 0. The predicted molar refractivity (Wildman–Crippen MR) is 75.3 cm³/mol. The smallest absolute Gasteiger partial charge is 0.135 e. The van der Waals surface area contributed by atoms with Crippen molar-refractivity contribution in [2.24, 2.45) is 0 Å². The molecule has 96 valence electrons. The lowest BCUT2D eigenvalue weighted by molar-refractivity contribution is 0.774. The number of hydrogen-bond acceptors (Lipinski definition) is 5. The third-order valence-electron chi connectivity index (χ3n) is 2.35. The van der Waals surface area contributed by atoms with Crippen LogP contribution in [0.2, 0.25) is 5.15 Å². The molecule has 2 aromatic rings. The molecule has 0 fully saturated rings. The fourth-order valence-electron chi connectivity index (χ4n) is 1.45. The lowest BCUT2D eigenvalue weighted by Crippen LogP contribution is -2.05. The molecule has 2 heterocycles. The van der Waals surface area contributed by atoms with Gasteiger partial charge in [0.15, 0.2) is 0 Å². The summed E-state index contributed by atoms with van der Waals surface area (Å²) >= 11 is 7.62. The molecule has 1 N–H and O–H groups in total. The van der Waals surface area contributed by atoms with E-state index in [2.05, 4.69) is 20.3 Å². The van der Waals surface area contributed by atoms with Gasteiger partial charge in [0.1, 0.15) is 16.8 Å². The summed E-state index contributed by atoms with van der Waals surface area (Å²) in [4.78, 5) is 13.0. The Balaban J connectivity index is 2.09. The first-order valence-electron chi connectivity index (χ1n) is 5.74. The molecule has 0 radical (unpaired) electrons. The molecule has 0 amide bonds. The molecular formula is C12H15ClN4S. The first kappa shape index (κ1) is 13.2. The molecule has 0 spiro atoms. The molecule has 6 heteroatoms. The third-order valence-corrected chi connectivity index (χ3v) is 3.36. The van der Waals surface area contributed by atoms with Crippen LogP contribution >= 0.6 is 22.9 Å². The maximum atomic E-state index is 5.98. The second-order valence-corrected chi connectivity index (χ2v) is 5.75. The van der Waals surface area contributed by atoms with Crippen molar-refractivity contribution in [1.29, 1.82) is 0 Å². The normalized spacial score (nSPS) is 10.9. The van der Waals surface area contributed by atoms with E-state index in [1.807, 2.05) is 26.2 Å². The van der Waals surface area contributed by atoms with E-state index in [0.29, 0.717) is 11.7 Å². The molecule has 0 saturated heterocycles. The van der Waals surface area contributed by atoms with E-state index in [4.69, 9.17) is 11.6 Å². The van der Waals surface area contributed by atoms with Gasteiger partial charge >= 0.3 is 0 Å². The molecule has 2 rings (SSSR count). The highest BCUT2D eigenvalue weighted by molar-refractivity contribution is 7.09. The fraction of sp³-hybridized carbons (Fsp3) is 0.417. The van der Waals surface area contributed by atoms with Crippen molar-refractivity contribution < 1.29 is 0 Å². The molecule has 0 bridgehead atoms. The minimum atomic E-state index is 0.255. The Labute approximate surface area is 115 Å². The van der Waals surface area contributed by atoms with Crippen LogP contribution in [-0.4, -0.2) is 15.0 Å². The lowest BCUT2D eigenvalue weighted by atomic mass is 10.2. The van der Waals surface area contributed by atoms with Gasteiger partial charge in [0.2, 0.25) is 0 Å². The summed E-state index contributed by atoms with van der Waals surface area (Å²) in [6.07, 6.45) is 0. The van der Waals surface area contributed by atoms with Gasteiger partial charge in [-0.15, -0.1) is 11.3 Å². The van der Waals surface area contributed by atoms with Crippen molar-refractivity contribution >= 4 is 28.8 Å². The van der Waals surface area contributed by atoms with Crippen molar-refractivity contribution in [3.05, 3.63) is 33.1 Å². The van der Waals surface area contributed by atoms with E-state index in [0.717, 1.165) is 22.3 Å². The Morgan fingerprint density at radius 1 is 1.33 bits per heavy atom. The Hall–Kier alpha value is -1.20. The molecule has 0 saturated carbocycles. The monoisotopic (exact) mass is 282 g/mol. The molecule has 0 aliphatic rings. The number of nitrogens with one attached hydrogen (secondary N) is 1. The zero-order chi connectivity index (χ0) is 13.1. The second-order valence-electron chi connectivity index (χ2n) is 4.30. The van der Waals surface area contributed by atoms with E-state index in [-0.39, 0.29) is 5.92 Å². The van der Waals surface area contributed by atoms with Crippen molar-refractivity contribution in [1.82, 2.24) is 15.0 Å². The van der Waals surface area contributed by atoms with Crippen LogP contribution in [-0.2, 0) is 6.54 Å². The van der Waals surface area contributed by atoms with Crippen LogP contribution in [0.4, 0.5) is 5.82 Å². The van der Waals surface area contributed by atoms with E-state index in [9.17, 15) is 0 Å². The largest absolute Gasteiger partial charge is 0.364 e. The predicted octanol–water partition coefficient (Wildman–Crippen LogP) is 3.63. The van der Waals surface area contributed by atoms with Gasteiger partial charge in [0.25, 0.3) is 0 Å². The summed E-state index contributed by atoms with van der Waals surface area (Å²) in [6, 6.07) is 1.73. The first-order chi connectivity index (χ1) is 8.54. The SMILES string of the molecule is Cc1nc(CNc2cc(Cl)nc(C(C)C)n2)cs1. The molecule has 4 nitrogen and oxygen atoms in total. The fourth-order valence-corrected chi connectivity index (χ4v) is 2.26. The van der Waals surface area contributed by atoms with E-state index in [1.165, 1.54) is 0 Å². The van der Waals surface area contributed by atoms with Gasteiger partial charge in [-0.05, 0) is 6.92 Å². The van der Waals surface area contributed by atoms with Crippen LogP contribution in [0, 0.1) is 6.92 Å². The zero-order valence-corrected chi connectivity index (χ0v) is 12.1. The summed E-state index contributed by atoms with van der Waals surface area (Å²) in [5, 5.41) is 6.78. The number of rotatable bonds is 4. The molecule has 2 aromatic heterocycles. The van der Waals surface area contributed by atoms with Gasteiger partial charge in [0.05, 0.1) is 17.2 Å². The number of anilines is 1. The van der Waals surface area contributed by atoms with Crippen LogP contribution in [0.25, 0.3) is 0 Å². The van der Waals surface area contributed by atoms with Gasteiger partial charge in [-0.25, -0.2) is 15.0 Å². The molecule has 0 aromatic carbocycles. The molecule has 0 atom stereocenters. The van der Waals surface area contributed by atoms with E-state index in [1.54, 1.807) is 17.4 Å². The van der Waals surface area contributed by atoms with Crippen molar-refractivity contribution in [2.45, 2.75) is 33.2 Å². The quantitative estimate of drug-likeness (QED) is 0.870. The van der Waals surface area contributed by atoms with Crippen LogP contribution in [0.15, 0.2) is 11.4 Å². The maximum absolute atomic E-state index is 5.98. The number of hydrogen-bond donors (Lipinski definition) is 1. The highest BCUT2D eigenvalue weighted by Gasteiger charge is 2.07. The maximum Gasteiger partial charge on any atom is 0.135 e. The number of thiazole rings is 1. The van der Waals surface area contributed by atoms with Crippen molar-refractivity contribution in [3.63, 3.8) is 0 Å². The van der Waals surface area contributed by atoms with E-state index < -0.39 is 0 Å². The average molecular weight is 283 g/mol. The molecular weight excluding hydrogens is 268 g/mol.